The molecule has 0 heterocycles. The maximum Gasteiger partial charge on any atom is 0.0438 e. The van der Waals surface area contributed by atoms with E-state index in [0.717, 1.165) is 22.6 Å². The molecule has 0 radical (unpaired) electrons. The first-order chi connectivity index (χ1) is 6.15. The number of hydrogen-bond donors (Lipinski definition) is 1. The van der Waals surface area contributed by atoms with Crippen molar-refractivity contribution < 1.29 is 0 Å². The number of halogens is 1. The van der Waals surface area contributed by atoms with Gasteiger partial charge in [-0.15, -0.1) is 6.58 Å². The van der Waals surface area contributed by atoms with Crippen molar-refractivity contribution in [3.63, 3.8) is 0 Å². The van der Waals surface area contributed by atoms with Crippen LogP contribution in [-0.2, 0) is 0 Å². The highest BCUT2D eigenvalue weighted by Gasteiger charge is 2.04. The zero-order valence-electron chi connectivity index (χ0n) is 7.76. The summed E-state index contributed by atoms with van der Waals surface area (Å²) in [5, 5.41) is 0.775. The van der Waals surface area contributed by atoms with Crippen molar-refractivity contribution in [1.82, 2.24) is 0 Å². The van der Waals surface area contributed by atoms with Crippen molar-refractivity contribution >= 4 is 11.6 Å². The molecule has 1 rings (SSSR count). The minimum atomic E-state index is 0.00981. The van der Waals surface area contributed by atoms with Gasteiger partial charge in [-0.2, -0.15) is 0 Å². The van der Waals surface area contributed by atoms with Gasteiger partial charge >= 0.3 is 0 Å². The van der Waals surface area contributed by atoms with Gasteiger partial charge in [-0.1, -0.05) is 29.8 Å². The lowest BCUT2D eigenvalue weighted by Gasteiger charge is -2.10. The topological polar surface area (TPSA) is 26.0 Å². The molecule has 1 nitrogen and oxygen atoms in total. The Morgan fingerprint density at radius 2 is 2.31 bits per heavy atom. The SMILES string of the molecule is C=CC[C@H](N)c1ccc(C)c(Cl)c1. The summed E-state index contributed by atoms with van der Waals surface area (Å²) in [5.74, 6) is 0. The van der Waals surface area contributed by atoms with Crippen molar-refractivity contribution in [2.45, 2.75) is 19.4 Å². The first-order valence-electron chi connectivity index (χ1n) is 4.27. The molecule has 2 N–H and O–H groups in total. The number of benzene rings is 1. The Morgan fingerprint density at radius 3 is 2.85 bits per heavy atom. The second-order valence-corrected chi connectivity index (χ2v) is 3.55. The predicted molar refractivity (Wildman–Crippen MR) is 57.9 cm³/mol. The molecule has 0 amide bonds. The number of aryl methyl sites for hydroxylation is 1. The molecule has 0 unspecified atom stereocenters. The van der Waals surface area contributed by atoms with Crippen molar-refractivity contribution in [2.75, 3.05) is 0 Å². The minimum absolute atomic E-state index is 0.00981. The molecule has 70 valence electrons. The summed E-state index contributed by atoms with van der Waals surface area (Å²) in [6, 6.07) is 5.93. The van der Waals surface area contributed by atoms with E-state index in [1.165, 1.54) is 0 Å². The normalized spacial score (nSPS) is 12.5. The average Bonchev–Trinajstić information content (AvgIpc) is 2.10. The monoisotopic (exact) mass is 195 g/mol. The molecule has 0 spiro atoms. The third-order valence-corrected chi connectivity index (χ3v) is 2.45. The van der Waals surface area contributed by atoms with Crippen LogP contribution in [0.1, 0.15) is 23.6 Å². The molecule has 0 bridgehead atoms. The standard InChI is InChI=1S/C11H14ClN/c1-3-4-11(13)9-6-5-8(2)10(12)7-9/h3,5-7,11H,1,4,13H2,2H3/t11-/m0/s1. The molecular weight excluding hydrogens is 182 g/mol. The molecule has 0 fully saturated rings. The van der Waals surface area contributed by atoms with E-state index in [9.17, 15) is 0 Å². The van der Waals surface area contributed by atoms with E-state index >= 15 is 0 Å². The molecule has 0 aliphatic heterocycles. The largest absolute Gasteiger partial charge is 0.324 e. The maximum absolute atomic E-state index is 5.98. The molecule has 13 heavy (non-hydrogen) atoms. The van der Waals surface area contributed by atoms with E-state index in [0.29, 0.717) is 0 Å². The van der Waals surface area contributed by atoms with Gasteiger partial charge in [-0.3, -0.25) is 0 Å². The lowest BCUT2D eigenvalue weighted by molar-refractivity contribution is 0.741. The quantitative estimate of drug-likeness (QED) is 0.737. The summed E-state index contributed by atoms with van der Waals surface area (Å²) >= 11 is 5.98. The fourth-order valence-corrected chi connectivity index (χ4v) is 1.34. The summed E-state index contributed by atoms with van der Waals surface area (Å²) in [5.41, 5.74) is 8.04. The van der Waals surface area contributed by atoms with Crippen molar-refractivity contribution in [1.29, 1.82) is 0 Å². The molecule has 0 aliphatic carbocycles. The van der Waals surface area contributed by atoms with E-state index in [1.54, 1.807) is 0 Å². The van der Waals surface area contributed by atoms with E-state index in [4.69, 9.17) is 17.3 Å². The lowest BCUT2D eigenvalue weighted by Crippen LogP contribution is -2.08. The Balaban J connectivity index is 2.89. The Hall–Kier alpha value is -0.790. The molecule has 1 aromatic rings. The van der Waals surface area contributed by atoms with Crippen LogP contribution < -0.4 is 5.73 Å². The molecular formula is C11H14ClN. The molecule has 0 saturated heterocycles. The molecule has 1 atom stereocenters. The van der Waals surface area contributed by atoms with Gasteiger partial charge in [0.25, 0.3) is 0 Å². The highest BCUT2D eigenvalue weighted by Crippen LogP contribution is 2.21. The minimum Gasteiger partial charge on any atom is -0.324 e. The number of rotatable bonds is 3. The van der Waals surface area contributed by atoms with Gasteiger partial charge in [-0.25, -0.2) is 0 Å². The number of nitrogens with two attached hydrogens (primary N) is 1. The molecule has 0 aliphatic rings. The Morgan fingerprint density at radius 1 is 1.62 bits per heavy atom. The van der Waals surface area contributed by atoms with Gasteiger partial charge < -0.3 is 5.73 Å². The highest BCUT2D eigenvalue weighted by atomic mass is 35.5. The van der Waals surface area contributed by atoms with E-state index in [1.807, 2.05) is 31.2 Å². The predicted octanol–water partition coefficient (Wildman–Crippen LogP) is 3.22. The smallest absolute Gasteiger partial charge is 0.0438 e. The van der Waals surface area contributed by atoms with E-state index in [-0.39, 0.29) is 6.04 Å². The van der Waals surface area contributed by atoms with Crippen LogP contribution in [0, 0.1) is 6.92 Å². The van der Waals surface area contributed by atoms with Crippen LogP contribution in [0.15, 0.2) is 30.9 Å². The first-order valence-corrected chi connectivity index (χ1v) is 4.65. The summed E-state index contributed by atoms with van der Waals surface area (Å²) < 4.78 is 0. The maximum atomic E-state index is 5.98. The first kappa shape index (κ1) is 10.3. The highest BCUT2D eigenvalue weighted by molar-refractivity contribution is 6.31. The summed E-state index contributed by atoms with van der Waals surface area (Å²) in [7, 11) is 0. The molecule has 2 heteroatoms. The summed E-state index contributed by atoms with van der Waals surface area (Å²) in [6.45, 7) is 5.63. The van der Waals surface area contributed by atoms with E-state index in [2.05, 4.69) is 6.58 Å². The van der Waals surface area contributed by atoms with Gasteiger partial charge in [-0.05, 0) is 30.5 Å². The molecule has 1 aromatic carbocycles. The zero-order chi connectivity index (χ0) is 9.84. The fraction of sp³-hybridized carbons (Fsp3) is 0.273. The summed E-state index contributed by atoms with van der Waals surface area (Å²) in [6.07, 6.45) is 2.60. The van der Waals surface area contributed by atoms with Gasteiger partial charge in [0, 0.05) is 11.1 Å². The summed E-state index contributed by atoms with van der Waals surface area (Å²) in [4.78, 5) is 0. The fourth-order valence-electron chi connectivity index (χ4n) is 1.16. The van der Waals surface area contributed by atoms with Crippen molar-refractivity contribution in [3.8, 4) is 0 Å². The Labute approximate surface area is 84.2 Å². The van der Waals surface area contributed by atoms with Crippen LogP contribution in [0.5, 0.6) is 0 Å². The van der Waals surface area contributed by atoms with E-state index < -0.39 is 0 Å². The second kappa shape index (κ2) is 4.45. The third kappa shape index (κ3) is 2.58. The Kier molecular flexibility index (Phi) is 3.52. The van der Waals surface area contributed by atoms with Crippen LogP contribution in [0.3, 0.4) is 0 Å². The van der Waals surface area contributed by atoms with Crippen LogP contribution in [-0.4, -0.2) is 0 Å². The van der Waals surface area contributed by atoms with Gasteiger partial charge in [0.15, 0.2) is 0 Å². The molecule has 0 saturated carbocycles. The van der Waals surface area contributed by atoms with Gasteiger partial charge in [0.2, 0.25) is 0 Å². The van der Waals surface area contributed by atoms with Gasteiger partial charge in [0.1, 0.15) is 0 Å². The van der Waals surface area contributed by atoms with Gasteiger partial charge in [0.05, 0.1) is 0 Å². The number of hydrogen-bond acceptors (Lipinski definition) is 1. The Bertz CT molecular complexity index is 307. The second-order valence-electron chi connectivity index (χ2n) is 3.14. The lowest BCUT2D eigenvalue weighted by atomic mass is 10.0. The van der Waals surface area contributed by atoms with Crippen LogP contribution >= 0.6 is 11.6 Å². The third-order valence-electron chi connectivity index (χ3n) is 2.04. The van der Waals surface area contributed by atoms with Crippen molar-refractivity contribution in [2.24, 2.45) is 5.73 Å². The average molecular weight is 196 g/mol. The van der Waals surface area contributed by atoms with Crippen LogP contribution in [0.2, 0.25) is 5.02 Å². The van der Waals surface area contributed by atoms with Crippen LogP contribution in [0.4, 0.5) is 0 Å². The van der Waals surface area contributed by atoms with Crippen LogP contribution in [0.25, 0.3) is 0 Å². The molecule has 0 aromatic heterocycles. The van der Waals surface area contributed by atoms with Crippen molar-refractivity contribution in [3.05, 3.63) is 47.0 Å². The zero-order valence-corrected chi connectivity index (χ0v) is 8.51.